The molecule has 3 aromatic rings. The van der Waals surface area contributed by atoms with Crippen molar-refractivity contribution in [2.45, 2.75) is 0 Å². The number of aromatic nitrogens is 1. The van der Waals surface area contributed by atoms with E-state index < -0.39 is 0 Å². The van der Waals surface area contributed by atoms with Crippen LogP contribution in [-0.2, 0) is 0 Å². The number of benzene rings is 1. The van der Waals surface area contributed by atoms with Gasteiger partial charge in [0.2, 0.25) is 0 Å². The lowest BCUT2D eigenvalue weighted by atomic mass is 10.1. The molecule has 0 amide bonds. The molecule has 1 aromatic carbocycles. The third-order valence-corrected chi connectivity index (χ3v) is 5.22. The first-order valence-corrected chi connectivity index (χ1v) is 8.75. The lowest BCUT2D eigenvalue weighted by Gasteiger charge is -1.95. The van der Waals surface area contributed by atoms with E-state index in [0.29, 0.717) is 5.56 Å². The Morgan fingerprint density at radius 2 is 1.95 bits per heavy atom. The van der Waals surface area contributed by atoms with Gasteiger partial charge in [-0.25, -0.2) is 4.98 Å². The van der Waals surface area contributed by atoms with E-state index in [2.05, 4.69) is 20.9 Å². The summed E-state index contributed by atoms with van der Waals surface area (Å²) in [5.41, 5.74) is 1.48. The Morgan fingerprint density at radius 3 is 2.67 bits per heavy atom. The number of carbonyl (C=O) groups excluding carboxylic acids is 1. The number of ketones is 1. The van der Waals surface area contributed by atoms with Crippen LogP contribution in [0, 0.1) is 0 Å². The summed E-state index contributed by atoms with van der Waals surface area (Å²) in [7, 11) is 0. The minimum atomic E-state index is -0.0202. The van der Waals surface area contributed by atoms with E-state index in [-0.39, 0.29) is 5.78 Å². The second kappa shape index (κ2) is 6.47. The molecule has 5 heteroatoms. The molecule has 2 nitrogen and oxygen atoms in total. The number of allylic oxidation sites excluding steroid dienone is 1. The standard InChI is InChI=1S/C16H10BrNOS2/c17-12-5-3-11(4-6-12)14(19)8-7-13-10-21-16(18-13)15-2-1-9-20-15/h1-10H. The molecule has 0 saturated carbocycles. The van der Waals surface area contributed by atoms with Crippen LogP contribution in [0.1, 0.15) is 16.1 Å². The molecule has 0 aliphatic heterocycles. The number of hydrogen-bond acceptors (Lipinski definition) is 4. The average molecular weight is 376 g/mol. The maximum Gasteiger partial charge on any atom is 0.185 e. The zero-order valence-electron chi connectivity index (χ0n) is 10.8. The lowest BCUT2D eigenvalue weighted by molar-refractivity contribution is 0.104. The van der Waals surface area contributed by atoms with Gasteiger partial charge in [-0.05, 0) is 47.9 Å². The largest absolute Gasteiger partial charge is 0.289 e. The van der Waals surface area contributed by atoms with Gasteiger partial charge in [-0.2, -0.15) is 0 Å². The molecular weight excluding hydrogens is 366 g/mol. The zero-order chi connectivity index (χ0) is 14.7. The number of nitrogens with zero attached hydrogens (tertiary/aromatic N) is 1. The molecule has 0 fully saturated rings. The van der Waals surface area contributed by atoms with Crippen molar-refractivity contribution < 1.29 is 4.79 Å². The highest BCUT2D eigenvalue weighted by Crippen LogP contribution is 2.28. The molecular formula is C16H10BrNOS2. The lowest BCUT2D eigenvalue weighted by Crippen LogP contribution is -1.93. The summed E-state index contributed by atoms with van der Waals surface area (Å²) >= 11 is 6.61. The number of thiazole rings is 1. The Hall–Kier alpha value is -1.56. The minimum Gasteiger partial charge on any atom is -0.289 e. The van der Waals surface area contributed by atoms with E-state index in [1.165, 1.54) is 0 Å². The van der Waals surface area contributed by atoms with Crippen LogP contribution < -0.4 is 0 Å². The summed E-state index contributed by atoms with van der Waals surface area (Å²) in [5.74, 6) is -0.0202. The van der Waals surface area contributed by atoms with Gasteiger partial charge in [0, 0.05) is 15.4 Å². The molecule has 0 N–H and O–H groups in total. The zero-order valence-corrected chi connectivity index (χ0v) is 14.0. The summed E-state index contributed by atoms with van der Waals surface area (Å²) in [6.45, 7) is 0. The molecule has 3 rings (SSSR count). The van der Waals surface area contributed by atoms with Crippen molar-refractivity contribution >= 4 is 50.5 Å². The van der Waals surface area contributed by atoms with Gasteiger partial charge < -0.3 is 0 Å². The molecule has 0 radical (unpaired) electrons. The maximum atomic E-state index is 12.0. The van der Waals surface area contributed by atoms with Crippen molar-refractivity contribution in [1.29, 1.82) is 0 Å². The predicted octanol–water partition coefficient (Wildman–Crippen LogP) is 5.53. The van der Waals surface area contributed by atoms with Crippen molar-refractivity contribution in [1.82, 2.24) is 4.98 Å². The third-order valence-electron chi connectivity index (χ3n) is 2.79. The monoisotopic (exact) mass is 375 g/mol. The molecule has 0 saturated heterocycles. The molecule has 0 aliphatic carbocycles. The van der Waals surface area contributed by atoms with Gasteiger partial charge in [0.25, 0.3) is 0 Å². The van der Waals surface area contributed by atoms with E-state index in [0.717, 1.165) is 20.1 Å². The van der Waals surface area contributed by atoms with E-state index in [4.69, 9.17) is 0 Å². The molecule has 104 valence electrons. The summed E-state index contributed by atoms with van der Waals surface area (Å²) < 4.78 is 0.961. The van der Waals surface area contributed by atoms with E-state index in [1.807, 2.05) is 35.0 Å². The molecule has 2 aromatic heterocycles. The van der Waals surface area contributed by atoms with Crippen LogP contribution in [-0.4, -0.2) is 10.8 Å². The first-order valence-electron chi connectivity index (χ1n) is 6.20. The van der Waals surface area contributed by atoms with Crippen LogP contribution >= 0.6 is 38.6 Å². The van der Waals surface area contributed by atoms with E-state index in [1.54, 1.807) is 47.0 Å². The fraction of sp³-hybridized carbons (Fsp3) is 0. The highest BCUT2D eigenvalue weighted by molar-refractivity contribution is 9.10. The van der Waals surface area contributed by atoms with Crippen LogP contribution in [0.15, 0.2) is 57.7 Å². The van der Waals surface area contributed by atoms with Crippen LogP contribution in [0.4, 0.5) is 0 Å². The van der Waals surface area contributed by atoms with Gasteiger partial charge >= 0.3 is 0 Å². The summed E-state index contributed by atoms with van der Waals surface area (Å²) in [6, 6.07) is 11.4. The predicted molar refractivity (Wildman–Crippen MR) is 92.9 cm³/mol. The molecule has 0 atom stereocenters. The van der Waals surface area contributed by atoms with Gasteiger partial charge in [-0.15, -0.1) is 22.7 Å². The summed E-state index contributed by atoms with van der Waals surface area (Å²) in [6.07, 6.45) is 3.33. The number of hydrogen-bond donors (Lipinski definition) is 0. The third kappa shape index (κ3) is 3.56. The first kappa shape index (κ1) is 14.4. The first-order chi connectivity index (χ1) is 10.2. The number of rotatable bonds is 4. The molecule has 21 heavy (non-hydrogen) atoms. The smallest absolute Gasteiger partial charge is 0.185 e. The number of halogens is 1. The van der Waals surface area contributed by atoms with Crippen LogP contribution in [0.2, 0.25) is 0 Å². The quantitative estimate of drug-likeness (QED) is 0.443. The van der Waals surface area contributed by atoms with Crippen molar-refractivity contribution in [2.24, 2.45) is 0 Å². The Kier molecular flexibility index (Phi) is 4.43. The molecule has 2 heterocycles. The topological polar surface area (TPSA) is 30.0 Å². The van der Waals surface area contributed by atoms with Crippen molar-refractivity contribution in [3.63, 3.8) is 0 Å². The second-order valence-corrected chi connectivity index (χ2v) is 6.98. The average Bonchev–Trinajstić information content (AvgIpc) is 3.16. The minimum absolute atomic E-state index is 0.0202. The fourth-order valence-corrected chi connectivity index (χ4v) is 3.61. The number of thiophene rings is 1. The summed E-state index contributed by atoms with van der Waals surface area (Å²) in [5, 5.41) is 4.98. The van der Waals surface area contributed by atoms with Gasteiger partial charge in [-0.3, -0.25) is 4.79 Å². The van der Waals surface area contributed by atoms with Gasteiger partial charge in [0.15, 0.2) is 5.78 Å². The van der Waals surface area contributed by atoms with Gasteiger partial charge in [-0.1, -0.05) is 22.0 Å². The maximum absolute atomic E-state index is 12.0. The van der Waals surface area contributed by atoms with Crippen LogP contribution in [0.5, 0.6) is 0 Å². The normalized spacial score (nSPS) is 11.1. The van der Waals surface area contributed by atoms with Crippen LogP contribution in [0.25, 0.3) is 16.0 Å². The second-order valence-electron chi connectivity index (χ2n) is 4.26. The molecule has 0 aliphatic rings. The Labute approximate surface area is 138 Å². The van der Waals surface area contributed by atoms with Crippen molar-refractivity contribution in [3.8, 4) is 9.88 Å². The Bertz CT molecular complexity index is 773. The Balaban J connectivity index is 1.74. The molecule has 0 spiro atoms. The van der Waals surface area contributed by atoms with Crippen molar-refractivity contribution in [2.75, 3.05) is 0 Å². The SMILES string of the molecule is O=C(C=Cc1csc(-c2cccs2)n1)c1ccc(Br)cc1. The van der Waals surface area contributed by atoms with Gasteiger partial charge in [0.1, 0.15) is 5.01 Å². The number of carbonyl (C=O) groups is 1. The van der Waals surface area contributed by atoms with Gasteiger partial charge in [0.05, 0.1) is 10.6 Å². The Morgan fingerprint density at radius 1 is 1.14 bits per heavy atom. The van der Waals surface area contributed by atoms with Crippen LogP contribution in [0.3, 0.4) is 0 Å². The highest BCUT2D eigenvalue weighted by atomic mass is 79.9. The fourth-order valence-electron chi connectivity index (χ4n) is 1.75. The van der Waals surface area contributed by atoms with Crippen molar-refractivity contribution in [3.05, 3.63) is 69.0 Å². The van der Waals surface area contributed by atoms with E-state index in [9.17, 15) is 4.79 Å². The molecule has 0 bridgehead atoms. The summed E-state index contributed by atoms with van der Waals surface area (Å²) in [4.78, 5) is 17.7. The highest BCUT2D eigenvalue weighted by Gasteiger charge is 2.05. The molecule has 0 unspecified atom stereocenters. The van der Waals surface area contributed by atoms with E-state index >= 15 is 0 Å².